The van der Waals surface area contributed by atoms with Crippen molar-refractivity contribution in [1.82, 2.24) is 0 Å². The number of aryl methyl sites for hydroxylation is 1. The van der Waals surface area contributed by atoms with Crippen molar-refractivity contribution < 1.29 is 23.4 Å². The molecule has 0 N–H and O–H groups in total. The topological polar surface area (TPSA) is 46.2 Å². The molecule has 0 radical (unpaired) electrons. The molecule has 6 heteroatoms. The van der Waals surface area contributed by atoms with Crippen LogP contribution in [0.4, 0.5) is 0 Å². The van der Waals surface area contributed by atoms with Crippen molar-refractivity contribution in [2.75, 3.05) is 52.9 Å². The van der Waals surface area contributed by atoms with E-state index in [0.29, 0.717) is 52.9 Å². The lowest BCUT2D eigenvalue weighted by Crippen LogP contribution is -2.66. The molecule has 0 aliphatic carbocycles. The van der Waals surface area contributed by atoms with Gasteiger partial charge in [-0.15, -0.1) is 0 Å². The minimum Gasteiger partial charge on any atom is -0.491 e. The van der Waals surface area contributed by atoms with E-state index in [9.17, 15) is 0 Å². The summed E-state index contributed by atoms with van der Waals surface area (Å²) in [6, 6.07) is 29.9. The van der Waals surface area contributed by atoms with Crippen molar-refractivity contribution in [3.8, 4) is 5.75 Å². The summed E-state index contributed by atoms with van der Waals surface area (Å²) in [7, 11) is -2.52. The average molecular weight is 635 g/mol. The molecule has 0 aromatic heterocycles. The van der Waals surface area contributed by atoms with Crippen LogP contribution in [-0.2, 0) is 25.1 Å². The van der Waals surface area contributed by atoms with Gasteiger partial charge < -0.3 is 23.4 Å². The lowest BCUT2D eigenvalue weighted by molar-refractivity contribution is 0.00451. The summed E-state index contributed by atoms with van der Waals surface area (Å²) in [5, 5.41) is 2.52. The van der Waals surface area contributed by atoms with Crippen LogP contribution in [0.25, 0.3) is 0 Å². The molecule has 0 bridgehead atoms. The summed E-state index contributed by atoms with van der Waals surface area (Å²) in [5.74, 6) is 0.897. The van der Waals surface area contributed by atoms with Gasteiger partial charge in [-0.3, -0.25) is 0 Å². The van der Waals surface area contributed by atoms with Gasteiger partial charge in [0, 0.05) is 0 Å². The molecular formula is C39H58O5Si. The number of hydrogen-bond acceptors (Lipinski definition) is 5. The van der Waals surface area contributed by atoms with E-state index in [1.54, 1.807) is 0 Å². The van der Waals surface area contributed by atoms with E-state index >= 15 is 0 Å². The van der Waals surface area contributed by atoms with Crippen LogP contribution in [0.15, 0.2) is 84.9 Å². The minimum absolute atomic E-state index is 0.0405. The van der Waals surface area contributed by atoms with E-state index in [0.717, 1.165) is 12.2 Å². The lowest BCUT2D eigenvalue weighted by Gasteiger charge is -2.43. The summed E-state index contributed by atoms with van der Waals surface area (Å²) in [5.41, 5.74) is 1.39. The van der Waals surface area contributed by atoms with E-state index in [1.807, 2.05) is 0 Å². The Morgan fingerprint density at radius 1 is 0.511 bits per heavy atom. The van der Waals surface area contributed by atoms with Crippen LogP contribution in [0.1, 0.15) is 78.2 Å². The Balaban J connectivity index is 1.22. The Labute approximate surface area is 274 Å². The van der Waals surface area contributed by atoms with Crippen molar-refractivity contribution in [2.24, 2.45) is 0 Å². The van der Waals surface area contributed by atoms with Crippen molar-refractivity contribution in [3.05, 3.63) is 90.5 Å². The van der Waals surface area contributed by atoms with Crippen LogP contribution in [0.5, 0.6) is 5.75 Å². The zero-order valence-electron chi connectivity index (χ0n) is 28.4. The molecular weight excluding hydrogens is 577 g/mol. The van der Waals surface area contributed by atoms with Gasteiger partial charge in [-0.1, -0.05) is 139 Å². The maximum atomic E-state index is 6.86. The van der Waals surface area contributed by atoms with Gasteiger partial charge in [0.2, 0.25) is 0 Å². The van der Waals surface area contributed by atoms with E-state index in [4.69, 9.17) is 23.4 Å². The van der Waals surface area contributed by atoms with E-state index in [2.05, 4.69) is 113 Å². The van der Waals surface area contributed by atoms with E-state index in [1.165, 1.54) is 60.9 Å². The molecule has 0 atom stereocenters. The number of ether oxygens (including phenoxy) is 4. The Kier molecular flexibility index (Phi) is 17.5. The molecule has 0 spiro atoms. The standard InChI is InChI=1S/C39H58O5Si/c1-5-6-7-8-9-10-13-18-35-23-25-36(26-24-35)43-33-31-41-29-27-40-28-30-42-32-34-44-45(39(2,3)4,37-19-14-11-15-20-37)38-21-16-12-17-22-38/h11-12,14-17,19-26H,5-10,13,18,27-34H2,1-4H3. The number of unbranched alkanes of at least 4 members (excludes halogenated alkanes) is 6. The van der Waals surface area contributed by atoms with Gasteiger partial charge in [0.05, 0.1) is 46.2 Å². The van der Waals surface area contributed by atoms with Crippen LogP contribution < -0.4 is 15.1 Å². The summed E-state index contributed by atoms with van der Waals surface area (Å²) in [6.45, 7) is 13.4. The molecule has 5 nitrogen and oxygen atoms in total. The number of benzene rings is 3. The molecule has 0 heterocycles. The molecule has 0 aliphatic rings. The molecule has 0 saturated heterocycles. The fraction of sp³-hybridized carbons (Fsp3) is 0.538. The summed E-state index contributed by atoms with van der Waals surface area (Å²) >= 11 is 0. The third-order valence-electron chi connectivity index (χ3n) is 8.20. The van der Waals surface area contributed by atoms with E-state index < -0.39 is 8.32 Å². The minimum atomic E-state index is -2.52. The summed E-state index contributed by atoms with van der Waals surface area (Å²) in [6.07, 6.45) is 10.6. The van der Waals surface area contributed by atoms with E-state index in [-0.39, 0.29) is 5.04 Å². The van der Waals surface area contributed by atoms with Gasteiger partial charge in [0.1, 0.15) is 12.4 Å². The smallest absolute Gasteiger partial charge is 0.261 e. The molecule has 248 valence electrons. The molecule has 0 amide bonds. The molecule has 45 heavy (non-hydrogen) atoms. The predicted octanol–water partition coefficient (Wildman–Crippen LogP) is 7.98. The van der Waals surface area contributed by atoms with Crippen molar-refractivity contribution >= 4 is 18.7 Å². The zero-order chi connectivity index (χ0) is 32.1. The second kappa shape index (κ2) is 21.3. The molecule has 3 aromatic rings. The molecule has 0 unspecified atom stereocenters. The predicted molar refractivity (Wildman–Crippen MR) is 190 cm³/mol. The molecule has 3 aromatic carbocycles. The molecule has 3 rings (SSSR count). The first-order chi connectivity index (χ1) is 22.0. The fourth-order valence-corrected chi connectivity index (χ4v) is 10.4. The normalized spacial score (nSPS) is 12.0. The SMILES string of the molecule is CCCCCCCCCc1ccc(OCCOCCOCCOCCO[Si](c2ccccc2)(c2ccccc2)C(C)(C)C)cc1. The fourth-order valence-electron chi connectivity index (χ4n) is 5.81. The van der Waals surface area contributed by atoms with Crippen LogP contribution in [0, 0.1) is 0 Å². The number of rotatable bonds is 24. The van der Waals surface area contributed by atoms with Gasteiger partial charge in [-0.05, 0) is 45.9 Å². The maximum Gasteiger partial charge on any atom is 0.261 e. The first-order valence-corrected chi connectivity index (χ1v) is 19.1. The monoisotopic (exact) mass is 634 g/mol. The highest BCUT2D eigenvalue weighted by molar-refractivity contribution is 6.99. The van der Waals surface area contributed by atoms with Gasteiger partial charge >= 0.3 is 0 Å². The zero-order valence-corrected chi connectivity index (χ0v) is 29.4. The number of hydrogen-bond donors (Lipinski definition) is 0. The van der Waals surface area contributed by atoms with Crippen LogP contribution in [0.3, 0.4) is 0 Å². The first kappa shape index (κ1) is 37.0. The third kappa shape index (κ3) is 13.0. The van der Waals surface area contributed by atoms with Crippen LogP contribution in [0.2, 0.25) is 5.04 Å². The van der Waals surface area contributed by atoms with Crippen LogP contribution in [-0.4, -0.2) is 61.2 Å². The highest BCUT2D eigenvalue weighted by atomic mass is 28.4. The molecule has 0 fully saturated rings. The summed E-state index contributed by atoms with van der Waals surface area (Å²) in [4.78, 5) is 0. The lowest BCUT2D eigenvalue weighted by atomic mass is 10.0. The Bertz CT molecular complexity index is 1090. The van der Waals surface area contributed by atoms with Crippen LogP contribution >= 0.6 is 0 Å². The summed E-state index contributed by atoms with van der Waals surface area (Å²) < 4.78 is 29.9. The second-order valence-electron chi connectivity index (χ2n) is 12.7. The second-order valence-corrected chi connectivity index (χ2v) is 17.0. The van der Waals surface area contributed by atoms with Gasteiger partial charge in [-0.2, -0.15) is 0 Å². The first-order valence-electron chi connectivity index (χ1n) is 17.2. The van der Waals surface area contributed by atoms with Crippen molar-refractivity contribution in [1.29, 1.82) is 0 Å². The highest BCUT2D eigenvalue weighted by Gasteiger charge is 2.49. The van der Waals surface area contributed by atoms with Gasteiger partial charge in [0.25, 0.3) is 8.32 Å². The van der Waals surface area contributed by atoms with Gasteiger partial charge in [0.15, 0.2) is 0 Å². The van der Waals surface area contributed by atoms with Crippen molar-refractivity contribution in [3.63, 3.8) is 0 Å². The largest absolute Gasteiger partial charge is 0.491 e. The average Bonchev–Trinajstić information content (AvgIpc) is 3.05. The molecule has 0 saturated carbocycles. The van der Waals surface area contributed by atoms with Crippen molar-refractivity contribution in [2.45, 2.75) is 84.1 Å². The highest BCUT2D eigenvalue weighted by Crippen LogP contribution is 2.36. The maximum absolute atomic E-state index is 6.86. The Morgan fingerprint density at radius 2 is 0.978 bits per heavy atom. The molecule has 0 aliphatic heterocycles. The Morgan fingerprint density at radius 3 is 1.49 bits per heavy atom. The Hall–Kier alpha value is -2.48. The quantitative estimate of drug-likeness (QED) is 0.0739. The third-order valence-corrected chi connectivity index (χ3v) is 13.2. The van der Waals surface area contributed by atoms with Gasteiger partial charge in [-0.25, -0.2) is 0 Å².